The van der Waals surface area contributed by atoms with Crippen LogP contribution in [0.3, 0.4) is 0 Å². The van der Waals surface area contributed by atoms with Crippen molar-refractivity contribution >= 4 is 11.9 Å². The molecule has 0 spiro atoms. The summed E-state index contributed by atoms with van der Waals surface area (Å²) in [4.78, 5) is 28.3. The number of nitrogens with one attached hydrogen (secondary N) is 1. The molecular weight excluding hydrogens is 282 g/mol. The van der Waals surface area contributed by atoms with Crippen LogP contribution in [-0.2, 0) is 9.59 Å². The van der Waals surface area contributed by atoms with Gasteiger partial charge in [0.25, 0.3) is 0 Å². The molecule has 0 unspecified atom stereocenters. The molecule has 2 aliphatic rings. The lowest BCUT2D eigenvalue weighted by Gasteiger charge is -2.36. The Balaban J connectivity index is 1.76. The Labute approximate surface area is 132 Å². The van der Waals surface area contributed by atoms with E-state index >= 15 is 0 Å². The number of carboxylic acids is 1. The number of aliphatic carboxylic acids is 1. The maximum atomic E-state index is 12.1. The number of nitrogens with zero attached hydrogens (tertiary/aromatic N) is 2. The van der Waals surface area contributed by atoms with Gasteiger partial charge in [-0.25, -0.2) is 4.79 Å². The van der Waals surface area contributed by atoms with Gasteiger partial charge in [0.2, 0.25) is 5.91 Å². The lowest BCUT2D eigenvalue weighted by atomic mass is 9.97. The summed E-state index contributed by atoms with van der Waals surface area (Å²) in [5.74, 6) is -1.00. The van der Waals surface area contributed by atoms with Crippen molar-refractivity contribution in [3.8, 4) is 0 Å². The molecule has 2 N–H and O–H groups in total. The van der Waals surface area contributed by atoms with Crippen molar-refractivity contribution in [1.29, 1.82) is 0 Å². The summed E-state index contributed by atoms with van der Waals surface area (Å²) in [7, 11) is 2.13. The molecule has 0 aromatic heterocycles. The molecule has 6 nitrogen and oxygen atoms in total. The lowest BCUT2D eigenvalue weighted by Crippen LogP contribution is -2.53. The van der Waals surface area contributed by atoms with Crippen molar-refractivity contribution in [2.75, 3.05) is 33.2 Å². The highest BCUT2D eigenvalue weighted by Crippen LogP contribution is 2.30. The topological polar surface area (TPSA) is 72.9 Å². The van der Waals surface area contributed by atoms with E-state index in [9.17, 15) is 14.7 Å². The molecule has 6 heteroatoms. The van der Waals surface area contributed by atoms with Gasteiger partial charge in [-0.3, -0.25) is 9.69 Å². The molecule has 1 heterocycles. The molecule has 1 atom stereocenters. The molecule has 126 valence electrons. The highest BCUT2D eigenvalue weighted by molar-refractivity contribution is 5.87. The van der Waals surface area contributed by atoms with Crippen LogP contribution < -0.4 is 5.32 Å². The van der Waals surface area contributed by atoms with Crippen LogP contribution in [0.4, 0.5) is 0 Å². The minimum Gasteiger partial charge on any atom is -0.480 e. The molecule has 0 aromatic carbocycles. The van der Waals surface area contributed by atoms with E-state index in [0.717, 1.165) is 45.4 Å². The van der Waals surface area contributed by atoms with Crippen LogP contribution in [0.5, 0.6) is 0 Å². The lowest BCUT2D eigenvalue weighted by molar-refractivity contribution is -0.147. The fourth-order valence-electron chi connectivity index (χ4n) is 3.49. The molecule has 1 aliphatic heterocycles. The smallest absolute Gasteiger partial charge is 0.329 e. The maximum Gasteiger partial charge on any atom is 0.329 e. The first kappa shape index (κ1) is 17.2. The van der Waals surface area contributed by atoms with Crippen molar-refractivity contribution in [2.24, 2.45) is 0 Å². The van der Waals surface area contributed by atoms with Crippen molar-refractivity contribution < 1.29 is 14.7 Å². The fraction of sp³-hybridized carbons (Fsp3) is 0.875. The van der Waals surface area contributed by atoms with Crippen LogP contribution >= 0.6 is 0 Å². The van der Waals surface area contributed by atoms with E-state index in [0.29, 0.717) is 25.3 Å². The molecule has 2 rings (SSSR count). The molecule has 0 aromatic rings. The second kappa shape index (κ2) is 7.42. The van der Waals surface area contributed by atoms with Crippen molar-refractivity contribution in [3.63, 3.8) is 0 Å². The van der Waals surface area contributed by atoms with E-state index in [-0.39, 0.29) is 5.91 Å². The highest BCUT2D eigenvalue weighted by Gasteiger charge is 2.42. The SMILES string of the molecule is C[C@H](CCC(=O)NC1(C(=O)O)CCCC1)N1CCN(C)CC1. The minimum absolute atomic E-state index is 0.120. The van der Waals surface area contributed by atoms with Gasteiger partial charge in [-0.2, -0.15) is 0 Å². The Morgan fingerprint density at radius 1 is 1.18 bits per heavy atom. The number of piperazine rings is 1. The second-order valence-corrected chi connectivity index (χ2v) is 6.87. The van der Waals surface area contributed by atoms with Gasteiger partial charge in [0.15, 0.2) is 0 Å². The normalized spacial score (nSPS) is 24.1. The summed E-state index contributed by atoms with van der Waals surface area (Å²) < 4.78 is 0. The molecule has 2 fully saturated rings. The van der Waals surface area contributed by atoms with Gasteiger partial charge in [0.1, 0.15) is 5.54 Å². The first-order valence-corrected chi connectivity index (χ1v) is 8.40. The third-order valence-electron chi connectivity index (χ3n) is 5.20. The van der Waals surface area contributed by atoms with Crippen LogP contribution in [0.15, 0.2) is 0 Å². The number of carboxylic acid groups (broad SMARTS) is 1. The Hall–Kier alpha value is -1.14. The van der Waals surface area contributed by atoms with E-state index in [1.54, 1.807) is 0 Å². The number of amides is 1. The summed E-state index contributed by atoms with van der Waals surface area (Å²) in [6, 6.07) is 0.365. The van der Waals surface area contributed by atoms with Crippen molar-refractivity contribution in [2.45, 2.75) is 57.0 Å². The third-order valence-corrected chi connectivity index (χ3v) is 5.20. The predicted molar refractivity (Wildman–Crippen MR) is 84.7 cm³/mol. The quantitative estimate of drug-likeness (QED) is 0.763. The Kier molecular flexibility index (Phi) is 5.81. The van der Waals surface area contributed by atoms with Gasteiger partial charge in [0, 0.05) is 38.6 Å². The second-order valence-electron chi connectivity index (χ2n) is 6.87. The molecule has 1 amide bonds. The Morgan fingerprint density at radius 2 is 1.77 bits per heavy atom. The van der Waals surface area contributed by atoms with Crippen LogP contribution in [0, 0.1) is 0 Å². The monoisotopic (exact) mass is 311 g/mol. The molecule has 0 radical (unpaired) electrons. The predicted octanol–water partition coefficient (Wildman–Crippen LogP) is 0.916. The minimum atomic E-state index is -1.01. The van der Waals surface area contributed by atoms with Gasteiger partial charge >= 0.3 is 5.97 Å². The maximum absolute atomic E-state index is 12.1. The van der Waals surface area contributed by atoms with E-state index in [4.69, 9.17) is 0 Å². The van der Waals surface area contributed by atoms with E-state index < -0.39 is 11.5 Å². The van der Waals surface area contributed by atoms with E-state index in [1.165, 1.54) is 0 Å². The Bertz CT molecular complexity index is 399. The van der Waals surface area contributed by atoms with Gasteiger partial charge in [-0.05, 0) is 33.2 Å². The molecule has 22 heavy (non-hydrogen) atoms. The van der Waals surface area contributed by atoms with Crippen molar-refractivity contribution in [3.05, 3.63) is 0 Å². The van der Waals surface area contributed by atoms with Gasteiger partial charge in [-0.15, -0.1) is 0 Å². The highest BCUT2D eigenvalue weighted by atomic mass is 16.4. The fourth-order valence-corrected chi connectivity index (χ4v) is 3.49. The van der Waals surface area contributed by atoms with Crippen LogP contribution in [-0.4, -0.2) is 71.6 Å². The average molecular weight is 311 g/mol. The number of rotatable bonds is 6. The number of hydrogen-bond acceptors (Lipinski definition) is 4. The Morgan fingerprint density at radius 3 is 2.32 bits per heavy atom. The largest absolute Gasteiger partial charge is 0.480 e. The zero-order chi connectivity index (χ0) is 16.2. The first-order chi connectivity index (χ1) is 10.4. The number of likely N-dealkylation sites (N-methyl/N-ethyl adjacent to an activating group) is 1. The van der Waals surface area contributed by atoms with E-state index in [1.807, 2.05) is 0 Å². The first-order valence-electron chi connectivity index (χ1n) is 8.40. The average Bonchev–Trinajstić information content (AvgIpc) is 2.95. The number of carbonyl (C=O) groups is 2. The van der Waals surface area contributed by atoms with Gasteiger partial charge < -0.3 is 15.3 Å². The van der Waals surface area contributed by atoms with Gasteiger partial charge in [-0.1, -0.05) is 12.8 Å². The molecule has 1 saturated carbocycles. The van der Waals surface area contributed by atoms with Gasteiger partial charge in [0.05, 0.1) is 0 Å². The molecule has 1 aliphatic carbocycles. The molecular formula is C16H29N3O3. The third kappa shape index (κ3) is 4.20. The van der Waals surface area contributed by atoms with Crippen molar-refractivity contribution in [1.82, 2.24) is 15.1 Å². The summed E-state index contributed by atoms with van der Waals surface area (Å²) in [5.41, 5.74) is -1.01. The number of carbonyl (C=O) groups excluding carboxylic acids is 1. The molecule has 0 bridgehead atoms. The standard InChI is InChI=1S/C16H29N3O3/c1-13(19-11-9-18(2)10-12-19)5-6-14(20)17-16(15(21)22)7-3-4-8-16/h13H,3-12H2,1-2H3,(H,17,20)(H,21,22)/t13-/m1/s1. The zero-order valence-corrected chi connectivity index (χ0v) is 13.8. The van der Waals surface area contributed by atoms with Crippen LogP contribution in [0.25, 0.3) is 0 Å². The van der Waals surface area contributed by atoms with Crippen LogP contribution in [0.1, 0.15) is 45.4 Å². The summed E-state index contributed by atoms with van der Waals surface area (Å²) >= 11 is 0. The van der Waals surface area contributed by atoms with E-state index in [2.05, 4.69) is 29.1 Å². The molecule has 1 saturated heterocycles. The zero-order valence-electron chi connectivity index (χ0n) is 13.8. The number of hydrogen-bond donors (Lipinski definition) is 2. The summed E-state index contributed by atoms with van der Waals surface area (Å²) in [5, 5.41) is 12.2. The summed E-state index contributed by atoms with van der Waals surface area (Å²) in [6.45, 7) is 6.37. The van der Waals surface area contributed by atoms with Crippen LogP contribution in [0.2, 0.25) is 0 Å². The summed E-state index contributed by atoms with van der Waals surface area (Å²) in [6.07, 6.45) is 4.06.